The number of nitrogens with zero attached hydrogens (tertiary/aromatic N) is 3. The van der Waals surface area contributed by atoms with Crippen molar-refractivity contribution in [2.45, 2.75) is 38.3 Å². The van der Waals surface area contributed by atoms with E-state index in [0.29, 0.717) is 16.5 Å². The molecule has 166 valence electrons. The van der Waals surface area contributed by atoms with Crippen LogP contribution < -0.4 is 11.1 Å². The fraction of sp³-hybridized carbons (Fsp3) is 0.360. The van der Waals surface area contributed by atoms with Crippen LogP contribution in [0.15, 0.2) is 36.4 Å². The highest BCUT2D eigenvalue weighted by Gasteiger charge is 2.41. The molecule has 2 aromatic carbocycles. The van der Waals surface area contributed by atoms with Crippen molar-refractivity contribution in [1.82, 2.24) is 14.5 Å². The van der Waals surface area contributed by atoms with Crippen molar-refractivity contribution in [2.24, 2.45) is 12.8 Å². The summed E-state index contributed by atoms with van der Waals surface area (Å²) in [5, 5.41) is 3.50. The minimum absolute atomic E-state index is 0.218. The van der Waals surface area contributed by atoms with E-state index in [1.54, 1.807) is 0 Å². The van der Waals surface area contributed by atoms with Gasteiger partial charge in [-0.3, -0.25) is 4.79 Å². The highest BCUT2D eigenvalue weighted by molar-refractivity contribution is 6.36. The van der Waals surface area contributed by atoms with Gasteiger partial charge in [0, 0.05) is 43.4 Å². The Morgan fingerprint density at radius 2 is 1.88 bits per heavy atom. The molecule has 0 atom stereocenters. The molecule has 1 saturated carbocycles. The zero-order chi connectivity index (χ0) is 22.6. The van der Waals surface area contributed by atoms with Crippen LogP contribution in [0.1, 0.15) is 46.0 Å². The zero-order valence-electron chi connectivity index (χ0n) is 18.7. The molecule has 0 bridgehead atoms. The number of amides is 1. The fourth-order valence-electron chi connectivity index (χ4n) is 4.75. The Morgan fingerprint density at radius 1 is 1.16 bits per heavy atom. The van der Waals surface area contributed by atoms with Crippen LogP contribution >= 0.6 is 11.6 Å². The number of rotatable bonds is 4. The van der Waals surface area contributed by atoms with E-state index in [4.69, 9.17) is 17.3 Å². The van der Waals surface area contributed by atoms with Gasteiger partial charge in [-0.15, -0.1) is 0 Å². The van der Waals surface area contributed by atoms with Gasteiger partial charge in [0.05, 0.1) is 16.4 Å². The molecular weight excluding hydrogens is 422 g/mol. The minimum Gasteiger partial charge on any atom is -0.327 e. The summed E-state index contributed by atoms with van der Waals surface area (Å²) in [6.45, 7) is 3.81. The first-order valence-corrected chi connectivity index (χ1v) is 11.4. The van der Waals surface area contributed by atoms with Gasteiger partial charge in [0.1, 0.15) is 0 Å². The molecule has 1 amide bonds. The number of imidazole rings is 1. The van der Waals surface area contributed by atoms with Crippen molar-refractivity contribution in [3.05, 3.63) is 69.8 Å². The molecule has 5 rings (SSSR count). The van der Waals surface area contributed by atoms with Gasteiger partial charge in [-0.2, -0.15) is 0 Å². The van der Waals surface area contributed by atoms with E-state index in [0.717, 1.165) is 60.4 Å². The summed E-state index contributed by atoms with van der Waals surface area (Å²) in [7, 11) is 3.97. The summed E-state index contributed by atoms with van der Waals surface area (Å²) in [5.41, 5.74) is 13.2. The highest BCUT2D eigenvalue weighted by atomic mass is 35.5. The summed E-state index contributed by atoms with van der Waals surface area (Å²) < 4.78 is 1.90. The Hall–Kier alpha value is -2.67. The van der Waals surface area contributed by atoms with Crippen molar-refractivity contribution in [3.8, 4) is 11.1 Å². The van der Waals surface area contributed by atoms with E-state index in [9.17, 15) is 4.79 Å². The lowest BCUT2D eigenvalue weighted by atomic mass is 9.92. The number of carbonyl (C=O) groups excluding carboxylic acids is 1. The van der Waals surface area contributed by atoms with Crippen LogP contribution in [0.3, 0.4) is 0 Å². The quantitative estimate of drug-likeness (QED) is 0.624. The van der Waals surface area contributed by atoms with Crippen LogP contribution in [0, 0.1) is 6.92 Å². The topological polar surface area (TPSA) is 76.2 Å². The van der Waals surface area contributed by atoms with Crippen LogP contribution in [-0.4, -0.2) is 34.0 Å². The first-order chi connectivity index (χ1) is 15.3. The van der Waals surface area contributed by atoms with E-state index in [1.807, 2.05) is 35.9 Å². The summed E-state index contributed by atoms with van der Waals surface area (Å²) in [6, 6.07) is 11.9. The summed E-state index contributed by atoms with van der Waals surface area (Å²) >= 11 is 6.81. The van der Waals surface area contributed by atoms with Crippen LogP contribution in [0.25, 0.3) is 11.1 Å². The maximum absolute atomic E-state index is 13.1. The molecule has 0 spiro atoms. The van der Waals surface area contributed by atoms with E-state index < -0.39 is 0 Å². The zero-order valence-corrected chi connectivity index (χ0v) is 19.5. The van der Waals surface area contributed by atoms with Crippen LogP contribution in [-0.2, 0) is 25.6 Å². The van der Waals surface area contributed by atoms with Crippen molar-refractivity contribution in [1.29, 1.82) is 0 Å². The Kier molecular flexibility index (Phi) is 5.12. The molecule has 7 heteroatoms. The number of aromatic nitrogens is 2. The molecular formula is C25H28ClN5O. The third kappa shape index (κ3) is 3.52. The fourth-order valence-corrected chi connectivity index (χ4v) is 5.02. The number of nitrogens with one attached hydrogen (secondary N) is 1. The van der Waals surface area contributed by atoms with Gasteiger partial charge in [-0.25, -0.2) is 4.98 Å². The predicted octanol–water partition coefficient (Wildman–Crippen LogP) is 4.24. The standard InChI is InChI=1S/C25H28ClN5O/c1-15-16(6-4-8-18(15)25(27)11-12-25)17-7-5-9-19(22(17)26)29-24(32)23-28-20-14-30(2)13-10-21(20)31(23)3/h4-9H,10-14,27H2,1-3H3,(H,29,32). The smallest absolute Gasteiger partial charge is 0.291 e. The molecule has 6 nitrogen and oxygen atoms in total. The molecule has 1 fully saturated rings. The molecule has 2 heterocycles. The third-order valence-corrected chi connectivity index (χ3v) is 7.25. The molecule has 2 aliphatic rings. The predicted molar refractivity (Wildman–Crippen MR) is 128 cm³/mol. The van der Waals surface area contributed by atoms with E-state index in [2.05, 4.69) is 41.3 Å². The molecule has 1 aliphatic carbocycles. The number of hydrogen-bond acceptors (Lipinski definition) is 4. The van der Waals surface area contributed by atoms with Crippen molar-refractivity contribution in [3.63, 3.8) is 0 Å². The Balaban J connectivity index is 1.46. The monoisotopic (exact) mass is 449 g/mol. The second kappa shape index (κ2) is 7.73. The van der Waals surface area contributed by atoms with Crippen LogP contribution in [0.2, 0.25) is 5.02 Å². The lowest BCUT2D eigenvalue weighted by Crippen LogP contribution is -2.27. The van der Waals surface area contributed by atoms with Gasteiger partial charge >= 0.3 is 0 Å². The number of hydrogen-bond donors (Lipinski definition) is 2. The normalized spacial score (nSPS) is 17.2. The van der Waals surface area contributed by atoms with E-state index in [-0.39, 0.29) is 11.4 Å². The number of nitrogens with two attached hydrogens (primary N) is 1. The second-order valence-corrected chi connectivity index (χ2v) is 9.51. The van der Waals surface area contributed by atoms with Crippen molar-refractivity contribution < 1.29 is 4.79 Å². The average molecular weight is 450 g/mol. The van der Waals surface area contributed by atoms with Crippen LogP contribution in [0.4, 0.5) is 5.69 Å². The first-order valence-electron chi connectivity index (χ1n) is 11.0. The SMILES string of the molecule is Cc1c(-c2cccc(NC(=O)c3nc4c(n3C)CCN(C)C4)c2Cl)cccc1C1(N)CC1. The average Bonchev–Trinajstić information content (AvgIpc) is 3.43. The third-order valence-electron chi connectivity index (χ3n) is 6.85. The number of benzene rings is 2. The maximum Gasteiger partial charge on any atom is 0.291 e. The summed E-state index contributed by atoms with van der Waals surface area (Å²) in [4.78, 5) is 19.9. The van der Waals surface area contributed by atoms with Gasteiger partial charge in [-0.1, -0.05) is 41.9 Å². The number of halogens is 1. The van der Waals surface area contributed by atoms with E-state index in [1.165, 1.54) is 5.56 Å². The number of likely N-dealkylation sites (N-methyl/N-ethyl adjacent to an activating group) is 1. The Bertz CT molecular complexity index is 1230. The minimum atomic E-state index is -0.257. The summed E-state index contributed by atoms with van der Waals surface area (Å²) in [6.07, 6.45) is 2.90. The molecule has 1 aromatic heterocycles. The number of carbonyl (C=O) groups is 1. The van der Waals surface area contributed by atoms with Gasteiger partial charge in [0.25, 0.3) is 5.91 Å². The van der Waals surface area contributed by atoms with Crippen LogP contribution in [0.5, 0.6) is 0 Å². The molecule has 32 heavy (non-hydrogen) atoms. The molecule has 3 aromatic rings. The Morgan fingerprint density at radius 3 is 2.62 bits per heavy atom. The Labute approximate surface area is 193 Å². The molecule has 1 aliphatic heterocycles. The van der Waals surface area contributed by atoms with Crippen molar-refractivity contribution in [2.75, 3.05) is 18.9 Å². The lowest BCUT2D eigenvalue weighted by molar-refractivity contribution is 0.101. The maximum atomic E-state index is 13.1. The van der Waals surface area contributed by atoms with Gasteiger partial charge < -0.3 is 20.5 Å². The van der Waals surface area contributed by atoms with Crippen molar-refractivity contribution >= 4 is 23.2 Å². The molecule has 0 radical (unpaired) electrons. The molecule has 0 unspecified atom stereocenters. The number of fused-ring (bicyclic) bond motifs is 1. The largest absolute Gasteiger partial charge is 0.327 e. The second-order valence-electron chi connectivity index (χ2n) is 9.13. The molecule has 0 saturated heterocycles. The van der Waals surface area contributed by atoms with E-state index >= 15 is 0 Å². The van der Waals surface area contributed by atoms with Gasteiger partial charge in [-0.05, 0) is 49.6 Å². The molecule has 3 N–H and O–H groups in total. The first kappa shape index (κ1) is 21.2. The number of anilines is 1. The lowest BCUT2D eigenvalue weighted by Gasteiger charge is -2.21. The summed E-state index contributed by atoms with van der Waals surface area (Å²) in [5.74, 6) is 0.150. The highest BCUT2D eigenvalue weighted by Crippen LogP contribution is 2.46. The van der Waals surface area contributed by atoms with Gasteiger partial charge in [0.15, 0.2) is 5.82 Å². The van der Waals surface area contributed by atoms with Gasteiger partial charge in [0.2, 0.25) is 0 Å².